The Balaban J connectivity index is 1.49. The summed E-state index contributed by atoms with van der Waals surface area (Å²) in [7, 11) is 0. The largest absolute Gasteiger partial charge is 0.490 e. The minimum Gasteiger partial charge on any atom is -0.490 e. The quantitative estimate of drug-likeness (QED) is 0.551. The minimum absolute atomic E-state index is 0.221. The number of aromatic nitrogens is 2. The van der Waals surface area contributed by atoms with E-state index in [0.29, 0.717) is 36.0 Å². The van der Waals surface area contributed by atoms with Gasteiger partial charge in [0.05, 0.1) is 18.9 Å². The lowest BCUT2D eigenvalue weighted by atomic mass is 10.1. The van der Waals surface area contributed by atoms with E-state index in [0.717, 1.165) is 30.2 Å². The van der Waals surface area contributed by atoms with Gasteiger partial charge in [0.1, 0.15) is 0 Å². The molecule has 1 fully saturated rings. The molecule has 1 amide bonds. The van der Waals surface area contributed by atoms with Crippen LogP contribution in [0.15, 0.2) is 54.6 Å². The van der Waals surface area contributed by atoms with Crippen LogP contribution >= 0.6 is 0 Å². The van der Waals surface area contributed by atoms with Crippen molar-refractivity contribution in [1.29, 1.82) is 0 Å². The summed E-state index contributed by atoms with van der Waals surface area (Å²) in [4.78, 5) is 15.1. The standard InChI is InChI=1S/C25H28N4O3/c1-3-31-22-12-10-19(17-23(22)32-4-2)25(30)26-20-9-7-8-18(16-20)21-11-13-24(28-27-21)29-14-5-6-15-29/h7-13,16-17H,3-6,14-15H2,1-2H3,(H,26,30). The molecule has 1 saturated heterocycles. The molecule has 0 atom stereocenters. The zero-order valence-corrected chi connectivity index (χ0v) is 18.5. The number of anilines is 2. The molecule has 1 aromatic heterocycles. The van der Waals surface area contributed by atoms with Crippen LogP contribution in [-0.2, 0) is 0 Å². The molecular weight excluding hydrogens is 404 g/mol. The Morgan fingerprint density at radius 2 is 1.72 bits per heavy atom. The van der Waals surface area contributed by atoms with Crippen LogP contribution in [0.5, 0.6) is 11.5 Å². The summed E-state index contributed by atoms with van der Waals surface area (Å²) in [6.45, 7) is 6.89. The van der Waals surface area contributed by atoms with Gasteiger partial charge in [-0.15, -0.1) is 10.2 Å². The number of carbonyl (C=O) groups is 1. The number of benzene rings is 2. The molecular formula is C25H28N4O3. The second-order valence-electron chi connectivity index (χ2n) is 7.53. The molecule has 0 unspecified atom stereocenters. The molecule has 0 aliphatic carbocycles. The van der Waals surface area contributed by atoms with Gasteiger partial charge in [-0.2, -0.15) is 0 Å². The third-order valence-corrected chi connectivity index (χ3v) is 5.30. The van der Waals surface area contributed by atoms with E-state index in [2.05, 4.69) is 20.4 Å². The number of nitrogens with zero attached hydrogens (tertiary/aromatic N) is 3. The Kier molecular flexibility index (Phi) is 6.84. The topological polar surface area (TPSA) is 76.6 Å². The Morgan fingerprint density at radius 1 is 0.938 bits per heavy atom. The van der Waals surface area contributed by atoms with Crippen LogP contribution in [0, 0.1) is 0 Å². The fraction of sp³-hybridized carbons (Fsp3) is 0.320. The van der Waals surface area contributed by atoms with Crippen molar-refractivity contribution >= 4 is 17.4 Å². The molecule has 1 aliphatic heterocycles. The summed E-state index contributed by atoms with van der Waals surface area (Å²) < 4.78 is 11.2. The van der Waals surface area contributed by atoms with E-state index in [1.165, 1.54) is 12.8 Å². The number of amides is 1. The number of ether oxygens (including phenoxy) is 2. The molecule has 7 nitrogen and oxygen atoms in total. The Hall–Kier alpha value is -3.61. The lowest BCUT2D eigenvalue weighted by molar-refractivity contribution is 0.102. The van der Waals surface area contributed by atoms with Crippen LogP contribution in [-0.4, -0.2) is 42.4 Å². The lowest BCUT2D eigenvalue weighted by Gasteiger charge is -2.15. The van der Waals surface area contributed by atoms with Crippen molar-refractivity contribution in [1.82, 2.24) is 10.2 Å². The van der Waals surface area contributed by atoms with Crippen LogP contribution in [0.25, 0.3) is 11.3 Å². The first kappa shape index (κ1) is 21.6. The maximum absolute atomic E-state index is 12.8. The number of rotatable bonds is 8. The Bertz CT molecular complexity index is 1060. The van der Waals surface area contributed by atoms with Crippen LogP contribution in [0.3, 0.4) is 0 Å². The van der Waals surface area contributed by atoms with Crippen molar-refractivity contribution < 1.29 is 14.3 Å². The van der Waals surface area contributed by atoms with E-state index >= 15 is 0 Å². The van der Waals surface area contributed by atoms with E-state index in [9.17, 15) is 4.79 Å². The molecule has 2 aromatic carbocycles. The van der Waals surface area contributed by atoms with Crippen LogP contribution in [0.2, 0.25) is 0 Å². The third-order valence-electron chi connectivity index (χ3n) is 5.30. The van der Waals surface area contributed by atoms with E-state index in [4.69, 9.17) is 9.47 Å². The summed E-state index contributed by atoms with van der Waals surface area (Å²) in [5.41, 5.74) is 2.84. The van der Waals surface area contributed by atoms with E-state index in [1.807, 2.05) is 50.2 Å². The molecule has 7 heteroatoms. The molecule has 32 heavy (non-hydrogen) atoms. The van der Waals surface area contributed by atoms with Gasteiger partial charge in [-0.1, -0.05) is 12.1 Å². The van der Waals surface area contributed by atoms with E-state index < -0.39 is 0 Å². The van der Waals surface area contributed by atoms with Crippen LogP contribution in [0.1, 0.15) is 37.0 Å². The summed E-state index contributed by atoms with van der Waals surface area (Å²) in [6, 6.07) is 16.8. The van der Waals surface area contributed by atoms with Crippen molar-refractivity contribution in [2.75, 3.05) is 36.5 Å². The van der Waals surface area contributed by atoms with Crippen molar-refractivity contribution in [2.45, 2.75) is 26.7 Å². The van der Waals surface area contributed by atoms with E-state index in [1.54, 1.807) is 18.2 Å². The van der Waals surface area contributed by atoms with Crippen molar-refractivity contribution in [3.05, 3.63) is 60.2 Å². The highest BCUT2D eigenvalue weighted by molar-refractivity contribution is 6.04. The first-order chi connectivity index (χ1) is 15.7. The van der Waals surface area contributed by atoms with Gasteiger partial charge >= 0.3 is 0 Å². The number of hydrogen-bond donors (Lipinski definition) is 1. The zero-order valence-electron chi connectivity index (χ0n) is 18.5. The molecule has 3 aromatic rings. The minimum atomic E-state index is -0.221. The van der Waals surface area contributed by atoms with Gasteiger partial charge in [-0.25, -0.2) is 0 Å². The zero-order chi connectivity index (χ0) is 22.3. The number of carbonyl (C=O) groups excluding carboxylic acids is 1. The molecule has 1 N–H and O–H groups in total. The van der Waals surface area contributed by atoms with Gasteiger partial charge < -0.3 is 19.7 Å². The third kappa shape index (κ3) is 4.99. The van der Waals surface area contributed by atoms with Crippen molar-refractivity contribution in [3.8, 4) is 22.8 Å². The number of hydrogen-bond acceptors (Lipinski definition) is 6. The monoisotopic (exact) mass is 432 g/mol. The highest BCUT2D eigenvalue weighted by Crippen LogP contribution is 2.29. The molecule has 1 aliphatic rings. The maximum atomic E-state index is 12.8. The Labute approximate surface area is 188 Å². The van der Waals surface area contributed by atoms with Crippen molar-refractivity contribution in [2.24, 2.45) is 0 Å². The average molecular weight is 433 g/mol. The maximum Gasteiger partial charge on any atom is 0.255 e. The van der Waals surface area contributed by atoms with Crippen molar-refractivity contribution in [3.63, 3.8) is 0 Å². The van der Waals surface area contributed by atoms with Gasteiger partial charge in [-0.05, 0) is 69.2 Å². The van der Waals surface area contributed by atoms with Gasteiger partial charge in [0.2, 0.25) is 0 Å². The molecule has 2 heterocycles. The van der Waals surface area contributed by atoms with E-state index in [-0.39, 0.29) is 5.91 Å². The Morgan fingerprint density at radius 3 is 2.44 bits per heavy atom. The highest BCUT2D eigenvalue weighted by atomic mass is 16.5. The van der Waals surface area contributed by atoms with Gasteiger partial charge in [0.15, 0.2) is 17.3 Å². The molecule has 4 rings (SSSR count). The van der Waals surface area contributed by atoms with Gasteiger partial charge in [-0.3, -0.25) is 4.79 Å². The molecule has 0 saturated carbocycles. The van der Waals surface area contributed by atoms with Gasteiger partial charge in [0.25, 0.3) is 5.91 Å². The number of nitrogens with one attached hydrogen (secondary N) is 1. The first-order valence-electron chi connectivity index (χ1n) is 11.1. The predicted octanol–water partition coefficient (Wildman–Crippen LogP) is 4.79. The normalized spacial score (nSPS) is 13.1. The first-order valence-corrected chi connectivity index (χ1v) is 11.1. The highest BCUT2D eigenvalue weighted by Gasteiger charge is 2.15. The van der Waals surface area contributed by atoms with Gasteiger partial charge in [0, 0.05) is 29.9 Å². The second kappa shape index (κ2) is 10.1. The second-order valence-corrected chi connectivity index (χ2v) is 7.53. The molecule has 0 bridgehead atoms. The fourth-order valence-electron chi connectivity index (χ4n) is 3.75. The van der Waals surface area contributed by atoms with Crippen LogP contribution < -0.4 is 19.7 Å². The predicted molar refractivity (Wildman–Crippen MR) is 126 cm³/mol. The lowest BCUT2D eigenvalue weighted by Crippen LogP contribution is -2.19. The SMILES string of the molecule is CCOc1ccc(C(=O)Nc2cccc(-c3ccc(N4CCCC4)nn3)c2)cc1OCC. The molecule has 0 radical (unpaired) electrons. The fourth-order valence-corrected chi connectivity index (χ4v) is 3.75. The smallest absolute Gasteiger partial charge is 0.255 e. The molecule has 0 spiro atoms. The average Bonchev–Trinajstić information content (AvgIpc) is 3.36. The van der Waals surface area contributed by atoms with Crippen LogP contribution in [0.4, 0.5) is 11.5 Å². The molecule has 166 valence electrons. The summed E-state index contributed by atoms with van der Waals surface area (Å²) >= 11 is 0. The summed E-state index contributed by atoms with van der Waals surface area (Å²) in [5, 5.41) is 11.7. The summed E-state index contributed by atoms with van der Waals surface area (Å²) in [6.07, 6.45) is 2.40. The summed E-state index contributed by atoms with van der Waals surface area (Å²) in [5.74, 6) is 1.88.